The number of amides is 1. The van der Waals surface area contributed by atoms with Crippen LogP contribution in [-0.4, -0.2) is 51.9 Å². The van der Waals surface area contributed by atoms with Crippen LogP contribution in [0.2, 0.25) is 0 Å². The van der Waals surface area contributed by atoms with Crippen LogP contribution in [0.4, 0.5) is 0 Å². The fourth-order valence-electron chi connectivity index (χ4n) is 4.35. The molecule has 1 unspecified atom stereocenters. The van der Waals surface area contributed by atoms with Crippen molar-refractivity contribution in [3.05, 3.63) is 70.3 Å². The van der Waals surface area contributed by atoms with Gasteiger partial charge in [0, 0.05) is 12.6 Å². The molecule has 7 nitrogen and oxygen atoms in total. The van der Waals surface area contributed by atoms with Gasteiger partial charge < -0.3 is 14.6 Å². The molecule has 1 saturated heterocycles. The standard InChI is InChI=1S/C25H30N4O3/c1-17(2)28(15-23-26-21-11-5-4-10-20(21)25(31)27-23)16-24(30)29-13-7-12-22(29)18-8-6-9-19(14-18)32-3/h4-6,8-11,14,17,22H,7,12-13,15-16H2,1-3H3,(H,26,27,31). The summed E-state index contributed by atoms with van der Waals surface area (Å²) in [6, 6.07) is 15.4. The van der Waals surface area contributed by atoms with Crippen molar-refractivity contribution >= 4 is 16.8 Å². The van der Waals surface area contributed by atoms with Crippen LogP contribution in [0.1, 0.15) is 44.1 Å². The molecule has 0 aliphatic carbocycles. The molecule has 1 atom stereocenters. The molecule has 0 spiro atoms. The van der Waals surface area contributed by atoms with E-state index in [1.807, 2.05) is 41.3 Å². The fraction of sp³-hybridized carbons (Fsp3) is 0.400. The topological polar surface area (TPSA) is 78.5 Å². The first-order chi connectivity index (χ1) is 15.5. The molecule has 4 rings (SSSR count). The molecule has 2 aromatic carbocycles. The van der Waals surface area contributed by atoms with Gasteiger partial charge in [0.2, 0.25) is 5.91 Å². The van der Waals surface area contributed by atoms with E-state index < -0.39 is 0 Å². The zero-order valence-electron chi connectivity index (χ0n) is 18.9. The molecule has 7 heteroatoms. The van der Waals surface area contributed by atoms with Crippen molar-refractivity contribution in [1.82, 2.24) is 19.8 Å². The molecule has 1 fully saturated rings. The lowest BCUT2D eigenvalue weighted by Gasteiger charge is -2.30. The monoisotopic (exact) mass is 434 g/mol. The number of carbonyl (C=O) groups excluding carboxylic acids is 1. The average molecular weight is 435 g/mol. The van der Waals surface area contributed by atoms with Crippen LogP contribution in [0.15, 0.2) is 53.3 Å². The van der Waals surface area contributed by atoms with E-state index in [1.165, 1.54) is 0 Å². The van der Waals surface area contributed by atoms with Crippen molar-refractivity contribution in [3.63, 3.8) is 0 Å². The third-order valence-corrected chi connectivity index (χ3v) is 6.14. The first-order valence-corrected chi connectivity index (χ1v) is 11.1. The molecule has 1 aromatic heterocycles. The Morgan fingerprint density at radius 2 is 2.06 bits per heavy atom. The van der Waals surface area contributed by atoms with Gasteiger partial charge in [0.15, 0.2) is 0 Å². The lowest BCUT2D eigenvalue weighted by Crippen LogP contribution is -2.42. The highest BCUT2D eigenvalue weighted by Gasteiger charge is 2.31. The number of hydrogen-bond acceptors (Lipinski definition) is 5. The van der Waals surface area contributed by atoms with Crippen LogP contribution in [0.3, 0.4) is 0 Å². The summed E-state index contributed by atoms with van der Waals surface area (Å²) in [5, 5.41) is 0.571. The van der Waals surface area contributed by atoms with Crippen molar-refractivity contribution in [2.45, 2.75) is 45.3 Å². The second-order valence-electron chi connectivity index (χ2n) is 8.55. The lowest BCUT2D eigenvalue weighted by atomic mass is 10.0. The molecular weight excluding hydrogens is 404 g/mol. The Bertz CT molecular complexity index is 1160. The normalized spacial score (nSPS) is 16.3. The fourth-order valence-corrected chi connectivity index (χ4v) is 4.35. The predicted octanol–water partition coefficient (Wildman–Crippen LogP) is 3.51. The van der Waals surface area contributed by atoms with Crippen molar-refractivity contribution in [3.8, 4) is 5.75 Å². The van der Waals surface area contributed by atoms with Gasteiger partial charge in [-0.2, -0.15) is 0 Å². The summed E-state index contributed by atoms with van der Waals surface area (Å²) in [4.78, 5) is 37.3. The summed E-state index contributed by atoms with van der Waals surface area (Å²) >= 11 is 0. The number of carbonyl (C=O) groups is 1. The van der Waals surface area contributed by atoms with Gasteiger partial charge in [-0.1, -0.05) is 24.3 Å². The highest BCUT2D eigenvalue weighted by atomic mass is 16.5. The maximum absolute atomic E-state index is 13.3. The van der Waals surface area contributed by atoms with Crippen LogP contribution in [0, 0.1) is 0 Å². The Morgan fingerprint density at radius 3 is 2.84 bits per heavy atom. The molecule has 1 amide bonds. The van der Waals surface area contributed by atoms with Crippen molar-refractivity contribution in [2.75, 3.05) is 20.2 Å². The quantitative estimate of drug-likeness (QED) is 0.616. The molecule has 32 heavy (non-hydrogen) atoms. The molecule has 0 bridgehead atoms. The van der Waals surface area contributed by atoms with Crippen LogP contribution >= 0.6 is 0 Å². The number of likely N-dealkylation sites (tertiary alicyclic amines) is 1. The zero-order chi connectivity index (χ0) is 22.7. The van der Waals surface area contributed by atoms with E-state index in [1.54, 1.807) is 13.2 Å². The highest BCUT2D eigenvalue weighted by Crippen LogP contribution is 2.33. The minimum atomic E-state index is -0.154. The summed E-state index contributed by atoms with van der Waals surface area (Å²) in [6.45, 7) is 5.53. The van der Waals surface area contributed by atoms with Crippen LogP contribution in [0.5, 0.6) is 5.75 Å². The van der Waals surface area contributed by atoms with Crippen LogP contribution in [0.25, 0.3) is 10.9 Å². The van der Waals surface area contributed by atoms with Gasteiger partial charge >= 0.3 is 0 Å². The maximum Gasteiger partial charge on any atom is 0.258 e. The third kappa shape index (κ3) is 4.67. The predicted molar refractivity (Wildman–Crippen MR) is 125 cm³/mol. The second kappa shape index (κ2) is 9.53. The van der Waals surface area contributed by atoms with Gasteiger partial charge in [0.05, 0.1) is 37.1 Å². The zero-order valence-corrected chi connectivity index (χ0v) is 18.9. The number of H-pyrrole nitrogens is 1. The van der Waals surface area contributed by atoms with E-state index in [2.05, 4.69) is 34.8 Å². The molecule has 3 aromatic rings. The van der Waals surface area contributed by atoms with Gasteiger partial charge in [0.25, 0.3) is 5.56 Å². The number of fused-ring (bicyclic) bond motifs is 1. The Morgan fingerprint density at radius 1 is 1.25 bits per heavy atom. The molecule has 2 heterocycles. The number of rotatable bonds is 7. The Kier molecular flexibility index (Phi) is 6.55. The molecule has 1 aliphatic rings. The number of methoxy groups -OCH3 is 1. The lowest BCUT2D eigenvalue weighted by molar-refractivity contribution is -0.134. The Labute approximate surface area is 188 Å². The van der Waals surface area contributed by atoms with Gasteiger partial charge in [-0.3, -0.25) is 14.5 Å². The van der Waals surface area contributed by atoms with Crippen LogP contribution < -0.4 is 10.3 Å². The largest absolute Gasteiger partial charge is 0.497 e. The number of aromatic amines is 1. The summed E-state index contributed by atoms with van der Waals surface area (Å²) < 4.78 is 5.37. The molecule has 0 radical (unpaired) electrons. The highest BCUT2D eigenvalue weighted by molar-refractivity contribution is 5.79. The number of nitrogens with one attached hydrogen (secondary N) is 1. The minimum Gasteiger partial charge on any atom is -0.497 e. The Balaban J connectivity index is 1.51. The van der Waals surface area contributed by atoms with Gasteiger partial charge in [-0.05, 0) is 56.5 Å². The number of para-hydroxylation sites is 1. The van der Waals surface area contributed by atoms with E-state index >= 15 is 0 Å². The summed E-state index contributed by atoms with van der Waals surface area (Å²) in [6.07, 6.45) is 1.93. The van der Waals surface area contributed by atoms with Gasteiger partial charge in [-0.25, -0.2) is 4.98 Å². The molecular formula is C25H30N4O3. The second-order valence-corrected chi connectivity index (χ2v) is 8.55. The van der Waals surface area contributed by atoms with Crippen LogP contribution in [-0.2, 0) is 11.3 Å². The van der Waals surface area contributed by atoms with E-state index in [0.717, 1.165) is 30.7 Å². The minimum absolute atomic E-state index is 0.0604. The smallest absolute Gasteiger partial charge is 0.258 e. The Hall–Kier alpha value is -3.19. The van der Waals surface area contributed by atoms with Gasteiger partial charge in [-0.15, -0.1) is 0 Å². The number of aromatic nitrogens is 2. The first-order valence-electron chi connectivity index (χ1n) is 11.1. The number of ether oxygens (including phenoxy) is 1. The number of nitrogens with zero attached hydrogens (tertiary/aromatic N) is 3. The summed E-state index contributed by atoms with van der Waals surface area (Å²) in [5.41, 5.74) is 1.61. The third-order valence-electron chi connectivity index (χ3n) is 6.14. The maximum atomic E-state index is 13.3. The summed E-state index contributed by atoms with van der Waals surface area (Å²) in [7, 11) is 1.66. The van der Waals surface area contributed by atoms with E-state index in [9.17, 15) is 9.59 Å². The van der Waals surface area contributed by atoms with Crippen molar-refractivity contribution < 1.29 is 9.53 Å². The van der Waals surface area contributed by atoms with E-state index in [0.29, 0.717) is 23.3 Å². The molecule has 168 valence electrons. The van der Waals surface area contributed by atoms with Crippen molar-refractivity contribution in [1.29, 1.82) is 0 Å². The summed E-state index contributed by atoms with van der Waals surface area (Å²) in [5.74, 6) is 1.46. The average Bonchev–Trinajstić information content (AvgIpc) is 3.29. The molecule has 0 saturated carbocycles. The first kappa shape index (κ1) is 22.0. The molecule has 1 N–H and O–H groups in total. The van der Waals surface area contributed by atoms with E-state index in [4.69, 9.17) is 4.74 Å². The molecule has 1 aliphatic heterocycles. The number of hydrogen-bond donors (Lipinski definition) is 1. The van der Waals surface area contributed by atoms with Crippen molar-refractivity contribution in [2.24, 2.45) is 0 Å². The van der Waals surface area contributed by atoms with E-state index in [-0.39, 0.29) is 30.1 Å². The number of benzene rings is 2. The SMILES string of the molecule is COc1cccc(C2CCCN2C(=O)CN(Cc2nc3ccccc3c(=O)[nH]2)C(C)C)c1. The van der Waals surface area contributed by atoms with Gasteiger partial charge in [0.1, 0.15) is 11.6 Å².